The third-order valence-electron chi connectivity index (χ3n) is 6.64. The van der Waals surface area contributed by atoms with Gasteiger partial charge in [0.25, 0.3) is 5.91 Å². The van der Waals surface area contributed by atoms with Crippen LogP contribution in [0.1, 0.15) is 54.3 Å². The molecule has 2 amide bonds. The van der Waals surface area contributed by atoms with Gasteiger partial charge in [-0.3, -0.25) is 9.69 Å². The standard InChI is InChI=1S/C31H34N2O10S/c1-31(2,3)42-30(38)33-19-9-14-25(44(39,40)43-24-13-8-7-12-23(24)35)26(32-27(36)20-15-17-22(34)18-16-20)28(33)41-29(37)21-10-5-4-6-11-21/h4-8,10-13,15-18,25-26,28,34-35H,9,14,19H2,1-3H3,(H,32,36)/t25-,26+,28?/m1/s1. The highest BCUT2D eigenvalue weighted by Crippen LogP contribution is 2.32. The molecule has 4 rings (SSSR count). The molecule has 13 heteroatoms. The summed E-state index contributed by atoms with van der Waals surface area (Å²) >= 11 is 0. The van der Waals surface area contributed by atoms with Crippen molar-refractivity contribution in [2.75, 3.05) is 6.54 Å². The molecule has 0 bridgehead atoms. The SMILES string of the molecule is CC(C)(C)OC(=O)N1CCC[C@@H](S(=O)(=O)Oc2ccccc2O)[C@H](NC(=O)c2ccc(O)cc2)C1OC(=O)c1ccccc1. The van der Waals surface area contributed by atoms with Gasteiger partial charge in [-0.1, -0.05) is 30.3 Å². The average Bonchev–Trinajstić information content (AvgIpc) is 3.14. The molecule has 234 valence electrons. The smallest absolute Gasteiger partial charge is 0.413 e. The fourth-order valence-electron chi connectivity index (χ4n) is 4.60. The van der Waals surface area contributed by atoms with Crippen LogP contribution >= 0.6 is 0 Å². The highest BCUT2D eigenvalue weighted by atomic mass is 32.2. The number of hydrogen-bond donors (Lipinski definition) is 3. The molecule has 0 saturated carbocycles. The molecular formula is C31H34N2O10S. The average molecular weight is 627 g/mol. The first-order valence-corrected chi connectivity index (χ1v) is 15.3. The van der Waals surface area contributed by atoms with Gasteiger partial charge in [-0.05, 0) is 82.1 Å². The van der Waals surface area contributed by atoms with Crippen molar-refractivity contribution in [1.29, 1.82) is 0 Å². The van der Waals surface area contributed by atoms with E-state index in [2.05, 4.69) is 5.32 Å². The van der Waals surface area contributed by atoms with Gasteiger partial charge in [-0.2, -0.15) is 8.42 Å². The largest absolute Gasteiger partial charge is 0.508 e. The van der Waals surface area contributed by atoms with Crippen LogP contribution in [-0.4, -0.2) is 71.2 Å². The van der Waals surface area contributed by atoms with E-state index in [1.165, 1.54) is 60.7 Å². The highest BCUT2D eigenvalue weighted by Gasteiger charge is 2.49. The van der Waals surface area contributed by atoms with Gasteiger partial charge in [0, 0.05) is 12.1 Å². The Hall–Kier alpha value is -4.78. The molecule has 1 unspecified atom stereocenters. The lowest BCUT2D eigenvalue weighted by Gasteiger charge is -2.37. The van der Waals surface area contributed by atoms with Crippen molar-refractivity contribution >= 4 is 28.1 Å². The van der Waals surface area contributed by atoms with Crippen molar-refractivity contribution < 1.29 is 46.7 Å². The first kappa shape index (κ1) is 32.1. The van der Waals surface area contributed by atoms with Crippen molar-refractivity contribution in [3.05, 3.63) is 90.0 Å². The van der Waals surface area contributed by atoms with E-state index in [4.69, 9.17) is 13.7 Å². The lowest BCUT2D eigenvalue weighted by atomic mass is 10.1. The molecule has 44 heavy (non-hydrogen) atoms. The number of carbonyl (C=O) groups is 3. The number of benzene rings is 3. The predicted molar refractivity (Wildman–Crippen MR) is 159 cm³/mol. The molecule has 3 aromatic rings. The second kappa shape index (κ2) is 13.2. The second-order valence-corrected chi connectivity index (χ2v) is 12.9. The van der Waals surface area contributed by atoms with Gasteiger partial charge < -0.3 is 29.2 Å². The number of carbonyl (C=O) groups excluding carboxylic acids is 3. The minimum atomic E-state index is -4.67. The van der Waals surface area contributed by atoms with E-state index in [0.717, 1.165) is 4.90 Å². The molecule has 1 aliphatic rings. The molecule has 1 aliphatic heterocycles. The van der Waals surface area contributed by atoms with Gasteiger partial charge >= 0.3 is 22.2 Å². The number of amides is 2. The summed E-state index contributed by atoms with van der Waals surface area (Å²) in [6.07, 6.45) is -2.60. The molecule has 1 fully saturated rings. The molecule has 0 aliphatic carbocycles. The Kier molecular flexibility index (Phi) is 9.68. The number of hydrogen-bond acceptors (Lipinski definition) is 10. The van der Waals surface area contributed by atoms with Crippen LogP contribution in [0.25, 0.3) is 0 Å². The summed E-state index contributed by atoms with van der Waals surface area (Å²) in [5.74, 6) is -2.53. The number of phenolic OH excluding ortho intramolecular Hbond substituents is 2. The number of nitrogens with one attached hydrogen (secondary N) is 1. The number of ether oxygens (including phenoxy) is 2. The van der Waals surface area contributed by atoms with E-state index in [1.807, 2.05) is 0 Å². The topological polar surface area (TPSA) is 169 Å². The molecule has 0 radical (unpaired) electrons. The fraction of sp³-hybridized carbons (Fsp3) is 0.323. The maximum absolute atomic E-state index is 13.8. The summed E-state index contributed by atoms with van der Waals surface area (Å²) in [4.78, 5) is 41.4. The third-order valence-corrected chi connectivity index (χ3v) is 8.32. The van der Waals surface area contributed by atoms with Crippen LogP contribution in [0, 0.1) is 0 Å². The van der Waals surface area contributed by atoms with Crippen LogP contribution in [0.15, 0.2) is 78.9 Å². The highest BCUT2D eigenvalue weighted by molar-refractivity contribution is 7.87. The Bertz CT molecular complexity index is 1590. The first-order chi connectivity index (χ1) is 20.7. The minimum Gasteiger partial charge on any atom is -0.508 e. The van der Waals surface area contributed by atoms with Gasteiger partial charge in [0.1, 0.15) is 22.6 Å². The zero-order chi connectivity index (χ0) is 32.1. The number of aromatic hydroxyl groups is 2. The molecule has 3 aromatic carbocycles. The van der Waals surface area contributed by atoms with E-state index < -0.39 is 57.0 Å². The normalized spacial score (nSPS) is 18.9. The molecule has 0 spiro atoms. The van der Waals surface area contributed by atoms with Crippen molar-refractivity contribution in [1.82, 2.24) is 10.2 Å². The maximum Gasteiger partial charge on any atom is 0.413 e. The zero-order valence-corrected chi connectivity index (χ0v) is 25.2. The Morgan fingerprint density at radius 3 is 2.16 bits per heavy atom. The van der Waals surface area contributed by atoms with Crippen LogP contribution < -0.4 is 9.50 Å². The number of esters is 1. The summed E-state index contributed by atoms with van der Waals surface area (Å²) in [5, 5.41) is 21.0. The summed E-state index contributed by atoms with van der Waals surface area (Å²) in [7, 11) is -4.67. The first-order valence-electron chi connectivity index (χ1n) is 13.8. The van der Waals surface area contributed by atoms with Crippen LogP contribution in [0.5, 0.6) is 17.2 Å². The molecule has 1 heterocycles. The fourth-order valence-corrected chi connectivity index (χ4v) is 6.13. The van der Waals surface area contributed by atoms with E-state index in [-0.39, 0.29) is 42.0 Å². The number of likely N-dealkylation sites (tertiary alicyclic amines) is 1. The van der Waals surface area contributed by atoms with Crippen LogP contribution in [0.4, 0.5) is 4.79 Å². The van der Waals surface area contributed by atoms with E-state index in [1.54, 1.807) is 39.0 Å². The van der Waals surface area contributed by atoms with Crippen molar-refractivity contribution in [3.63, 3.8) is 0 Å². The number of para-hydroxylation sites is 2. The monoisotopic (exact) mass is 626 g/mol. The van der Waals surface area contributed by atoms with Gasteiger partial charge in [0.15, 0.2) is 11.5 Å². The third kappa shape index (κ3) is 7.98. The van der Waals surface area contributed by atoms with E-state index in [0.29, 0.717) is 0 Å². The van der Waals surface area contributed by atoms with Crippen molar-refractivity contribution in [2.45, 2.75) is 56.7 Å². The molecule has 3 atom stereocenters. The summed E-state index contributed by atoms with van der Waals surface area (Å²) in [5.41, 5.74) is -0.780. The Labute approximate surface area is 255 Å². The Morgan fingerprint density at radius 2 is 1.52 bits per heavy atom. The number of nitrogens with zero attached hydrogens (tertiary/aromatic N) is 1. The predicted octanol–water partition coefficient (Wildman–Crippen LogP) is 4.19. The maximum atomic E-state index is 13.8. The molecular weight excluding hydrogens is 592 g/mol. The number of phenols is 2. The van der Waals surface area contributed by atoms with Gasteiger partial charge in [-0.25, -0.2) is 9.59 Å². The second-order valence-electron chi connectivity index (χ2n) is 11.1. The van der Waals surface area contributed by atoms with Crippen LogP contribution in [-0.2, 0) is 19.6 Å². The summed E-state index contributed by atoms with van der Waals surface area (Å²) < 4.78 is 44.4. The van der Waals surface area contributed by atoms with E-state index in [9.17, 15) is 33.0 Å². The van der Waals surface area contributed by atoms with Gasteiger partial charge in [-0.15, -0.1) is 0 Å². The van der Waals surface area contributed by atoms with Crippen LogP contribution in [0.2, 0.25) is 0 Å². The quantitative estimate of drug-likeness (QED) is 0.255. The minimum absolute atomic E-state index is 0.0572. The lowest BCUT2D eigenvalue weighted by Crippen LogP contribution is -2.60. The van der Waals surface area contributed by atoms with Crippen molar-refractivity contribution in [3.8, 4) is 17.2 Å². The van der Waals surface area contributed by atoms with Gasteiger partial charge in [0.05, 0.1) is 5.56 Å². The zero-order valence-electron chi connectivity index (χ0n) is 24.4. The molecule has 12 nitrogen and oxygen atoms in total. The van der Waals surface area contributed by atoms with Gasteiger partial charge in [0.2, 0.25) is 6.23 Å². The molecule has 1 saturated heterocycles. The summed E-state index contributed by atoms with van der Waals surface area (Å²) in [6.45, 7) is 4.84. The number of rotatable bonds is 7. The Balaban J connectivity index is 1.81. The Morgan fingerprint density at radius 1 is 0.886 bits per heavy atom. The molecule has 0 aromatic heterocycles. The van der Waals surface area contributed by atoms with Crippen molar-refractivity contribution in [2.24, 2.45) is 0 Å². The van der Waals surface area contributed by atoms with Crippen LogP contribution in [0.3, 0.4) is 0 Å². The molecule has 3 N–H and O–H groups in total. The summed E-state index contributed by atoms with van der Waals surface area (Å²) in [6, 6.07) is 16.9. The lowest BCUT2D eigenvalue weighted by molar-refractivity contribution is -0.0554. The van der Waals surface area contributed by atoms with E-state index >= 15 is 0 Å².